The van der Waals surface area contributed by atoms with Gasteiger partial charge in [0.1, 0.15) is 12.1 Å². The number of H-pyrrole nitrogens is 1. The number of hydrogen-bond donors (Lipinski definition) is 10. The summed E-state index contributed by atoms with van der Waals surface area (Å²) in [5, 5.41) is 41.7. The molecule has 19 heteroatoms. The Hall–Kier alpha value is -5.37. The third-order valence-electron chi connectivity index (χ3n) is 15.5. The van der Waals surface area contributed by atoms with Crippen molar-refractivity contribution in [2.45, 2.75) is 232 Å². The van der Waals surface area contributed by atoms with Crippen molar-refractivity contribution in [3.05, 3.63) is 36.0 Å². The van der Waals surface area contributed by atoms with Crippen LogP contribution in [-0.2, 0) is 49.6 Å². The van der Waals surface area contributed by atoms with E-state index in [-0.39, 0.29) is 69.6 Å². The molecule has 0 bridgehead atoms. The van der Waals surface area contributed by atoms with Gasteiger partial charge in [0, 0.05) is 73.4 Å². The van der Waals surface area contributed by atoms with Gasteiger partial charge < -0.3 is 53.0 Å². The van der Waals surface area contributed by atoms with Crippen molar-refractivity contribution in [2.75, 3.05) is 26.3 Å². The average Bonchev–Trinajstić information content (AvgIpc) is 3.86. The molecule has 1 aromatic heterocycles. The highest BCUT2D eigenvalue weighted by Gasteiger charge is 2.36. The number of aliphatic carboxylic acids is 1. The number of aromatic amines is 1. The molecule has 80 heavy (non-hydrogen) atoms. The number of nitrogens with two attached hydrogens (primary N) is 2. The Morgan fingerprint density at radius 3 is 1.60 bits per heavy atom. The van der Waals surface area contributed by atoms with Crippen LogP contribution in [0.2, 0.25) is 0 Å². The molecular weight excluding hydrogens is 1020 g/mol. The van der Waals surface area contributed by atoms with Gasteiger partial charge in [-0.25, -0.2) is 0 Å². The number of aromatic nitrogens is 1. The number of carboxylic acids is 1. The molecule has 8 atom stereocenters. The minimum atomic E-state index is -1.49. The number of Topliss-reactive ketones (excluding diaryl/α,β-unsaturated/α-hetero) is 4. The van der Waals surface area contributed by atoms with E-state index in [0.29, 0.717) is 57.2 Å². The van der Waals surface area contributed by atoms with Gasteiger partial charge in [-0.05, 0) is 82.0 Å². The first-order chi connectivity index (χ1) is 38.5. The van der Waals surface area contributed by atoms with Gasteiger partial charge in [0.05, 0.1) is 25.3 Å². The molecule has 0 unspecified atom stereocenters. The number of ketones is 4. The summed E-state index contributed by atoms with van der Waals surface area (Å²) in [7, 11) is 0. The van der Waals surface area contributed by atoms with Gasteiger partial charge in [-0.2, -0.15) is 0 Å². The van der Waals surface area contributed by atoms with Crippen molar-refractivity contribution in [3.63, 3.8) is 0 Å². The number of para-hydroxylation sites is 1. The van der Waals surface area contributed by atoms with E-state index >= 15 is 0 Å². The number of carbonyl (C=O) groups excluding carboxylic acids is 8. The third kappa shape index (κ3) is 27.4. The minimum Gasteiger partial charge on any atom is -0.481 e. The van der Waals surface area contributed by atoms with E-state index in [1.165, 1.54) is 51.4 Å². The fourth-order valence-electron chi connectivity index (χ4n) is 10.2. The van der Waals surface area contributed by atoms with E-state index in [1.54, 1.807) is 20.0 Å². The predicted molar refractivity (Wildman–Crippen MR) is 311 cm³/mol. The Labute approximate surface area is 475 Å². The van der Waals surface area contributed by atoms with Crippen LogP contribution in [0.4, 0.5) is 0 Å². The first-order valence-electron chi connectivity index (χ1n) is 30.2. The number of aliphatic hydroxyl groups is 2. The van der Waals surface area contributed by atoms with E-state index in [9.17, 15) is 58.5 Å². The van der Waals surface area contributed by atoms with Crippen molar-refractivity contribution >= 4 is 63.6 Å². The molecule has 12 N–H and O–H groups in total. The summed E-state index contributed by atoms with van der Waals surface area (Å²) < 4.78 is 0. The van der Waals surface area contributed by atoms with Gasteiger partial charge in [0.25, 0.3) is 0 Å². The second-order valence-corrected chi connectivity index (χ2v) is 21.9. The zero-order valence-corrected chi connectivity index (χ0v) is 48.8. The number of benzene rings is 1. The molecule has 2 aromatic rings. The maximum Gasteiger partial charge on any atom is 0.303 e. The van der Waals surface area contributed by atoms with Crippen LogP contribution in [0, 0.1) is 23.7 Å². The fourth-order valence-corrected chi connectivity index (χ4v) is 10.2. The second kappa shape index (κ2) is 41.6. The van der Waals surface area contributed by atoms with E-state index in [2.05, 4.69) is 33.2 Å². The first kappa shape index (κ1) is 70.7. The van der Waals surface area contributed by atoms with Crippen LogP contribution in [0.15, 0.2) is 30.5 Å². The number of hydrogen-bond acceptors (Lipinski definition) is 13. The molecule has 0 fully saturated rings. The Bertz CT molecular complexity index is 2180. The van der Waals surface area contributed by atoms with Crippen LogP contribution in [0.5, 0.6) is 0 Å². The van der Waals surface area contributed by atoms with Crippen molar-refractivity contribution in [3.8, 4) is 0 Å². The van der Waals surface area contributed by atoms with Gasteiger partial charge in [-0.3, -0.25) is 43.2 Å². The van der Waals surface area contributed by atoms with E-state index in [0.717, 1.165) is 36.6 Å². The zero-order chi connectivity index (χ0) is 59.2. The summed E-state index contributed by atoms with van der Waals surface area (Å²) in [5.41, 5.74) is 13.1. The van der Waals surface area contributed by atoms with Crippen LogP contribution in [0.25, 0.3) is 10.9 Å². The van der Waals surface area contributed by atoms with Crippen LogP contribution in [0.3, 0.4) is 0 Å². The summed E-state index contributed by atoms with van der Waals surface area (Å²) in [6.45, 7) is 6.59. The zero-order valence-electron chi connectivity index (χ0n) is 48.8. The van der Waals surface area contributed by atoms with Gasteiger partial charge >= 0.3 is 5.97 Å². The molecule has 2 rings (SSSR count). The molecular formula is C61H101N7O12. The third-order valence-corrected chi connectivity index (χ3v) is 15.5. The normalized spacial score (nSPS) is 14.4. The first-order valence-corrected chi connectivity index (χ1v) is 30.2. The standard InChI is InChI=1S/C61H101N7O12/c1-5-8-9-10-11-12-13-14-15-16-17-18-19-30-57(75)65-50(31-32-58(76)77)56(74)38-47(42(4)6-2)61(80)66-49(29-23-25-34-63)54(72)36-43(26-22-24-33-62)59(78)68-52(41-70)55(73)37-44(60(79)67-51(40-69)53(71)7-3)35-45-39-64-48-28-21-20-27-46(45)48/h20-21,27-28,39,42-44,47,49-52,64,69-70H,5-19,22-26,29-38,40-41,62-63H2,1-4H3,(H,65,75)(H,66,80)(H,67,79)(H,68,78)(H,76,77)/t42-,43+,44+,47-,49-,50-,51-,52-/m0/s1. The Balaban J connectivity index is 2.25. The molecule has 0 radical (unpaired) electrons. The molecule has 0 aliphatic rings. The van der Waals surface area contributed by atoms with E-state index in [1.807, 2.05) is 31.2 Å². The molecule has 0 saturated heterocycles. The summed E-state index contributed by atoms with van der Waals surface area (Å²) >= 11 is 0. The molecule has 19 nitrogen and oxygen atoms in total. The molecule has 0 aliphatic carbocycles. The molecule has 4 amide bonds. The van der Waals surface area contributed by atoms with Crippen LogP contribution in [-0.4, -0.2) is 124 Å². The number of aliphatic hydroxyl groups excluding tert-OH is 2. The Morgan fingerprint density at radius 2 is 1.04 bits per heavy atom. The number of amides is 4. The number of rotatable bonds is 49. The molecule has 1 aromatic carbocycles. The number of unbranched alkanes of at least 4 members (excludes halogenated alkanes) is 14. The highest BCUT2D eigenvalue weighted by Crippen LogP contribution is 2.26. The van der Waals surface area contributed by atoms with Gasteiger partial charge in [-0.1, -0.05) is 136 Å². The van der Waals surface area contributed by atoms with E-state index in [4.69, 9.17) is 11.5 Å². The Kier molecular flexibility index (Phi) is 36.8. The minimum absolute atomic E-state index is 0.0348. The van der Waals surface area contributed by atoms with Crippen molar-refractivity contribution in [1.29, 1.82) is 0 Å². The van der Waals surface area contributed by atoms with Crippen LogP contribution in [0.1, 0.15) is 207 Å². The van der Waals surface area contributed by atoms with Crippen LogP contribution >= 0.6 is 0 Å². The second-order valence-electron chi connectivity index (χ2n) is 21.9. The number of carbonyl (C=O) groups is 9. The number of nitrogens with one attached hydrogen (secondary N) is 5. The maximum absolute atomic E-state index is 14.4. The molecule has 1 heterocycles. The van der Waals surface area contributed by atoms with Crippen molar-refractivity contribution in [1.82, 2.24) is 26.3 Å². The smallest absolute Gasteiger partial charge is 0.303 e. The summed E-state index contributed by atoms with van der Waals surface area (Å²) in [5.74, 6) is -9.00. The lowest BCUT2D eigenvalue weighted by atomic mass is 9.84. The number of fused-ring (bicyclic) bond motifs is 1. The molecule has 0 spiro atoms. The fraction of sp³-hybridized carbons (Fsp3) is 0.721. The Morgan fingerprint density at radius 1 is 0.537 bits per heavy atom. The lowest BCUT2D eigenvalue weighted by Crippen LogP contribution is -2.50. The van der Waals surface area contributed by atoms with Gasteiger partial charge in [-0.15, -0.1) is 0 Å². The average molecular weight is 1120 g/mol. The molecule has 0 aliphatic heterocycles. The lowest BCUT2D eigenvalue weighted by molar-refractivity contribution is -0.138. The summed E-state index contributed by atoms with van der Waals surface area (Å²) in [6, 6.07) is 2.43. The lowest BCUT2D eigenvalue weighted by Gasteiger charge is -2.28. The summed E-state index contributed by atoms with van der Waals surface area (Å²) in [4.78, 5) is 125. The topological polar surface area (TPSA) is 330 Å². The SMILES string of the molecule is CCCCCCCCCCCCCCCC(=O)N[C@@H](CCC(=O)O)C(=O)C[C@H](C(=O)N[C@@H](CCCCN)C(=O)C[C@@H](CCCCN)C(=O)N[C@@H](CO)C(=O)C[C@@H](Cc1c[nH]c2ccccc12)C(=O)N[C@@H](CO)C(=O)CC)[C@@H](C)CC. The quantitative estimate of drug-likeness (QED) is 0.0299. The maximum atomic E-state index is 14.4. The van der Waals surface area contributed by atoms with Gasteiger partial charge in [0.2, 0.25) is 23.6 Å². The monoisotopic (exact) mass is 1120 g/mol. The van der Waals surface area contributed by atoms with Crippen molar-refractivity contribution in [2.24, 2.45) is 35.1 Å². The number of carboxylic acid groups (broad SMARTS) is 1. The largest absolute Gasteiger partial charge is 0.481 e. The summed E-state index contributed by atoms with van der Waals surface area (Å²) in [6.07, 6.45) is 17.9. The van der Waals surface area contributed by atoms with Crippen LogP contribution < -0.4 is 32.7 Å². The predicted octanol–water partition coefficient (Wildman–Crippen LogP) is 6.99. The highest BCUT2D eigenvalue weighted by molar-refractivity contribution is 5.98. The van der Waals surface area contributed by atoms with E-state index < -0.39 is 108 Å². The molecule has 0 saturated carbocycles. The molecule has 452 valence electrons. The van der Waals surface area contributed by atoms with Gasteiger partial charge in [0.15, 0.2) is 23.1 Å². The highest BCUT2D eigenvalue weighted by atomic mass is 16.4. The van der Waals surface area contributed by atoms with Crippen molar-refractivity contribution < 1.29 is 58.5 Å².